The Kier molecular flexibility index (Phi) is 5.10. The number of nitrogens with zero attached hydrogens (tertiary/aromatic N) is 3. The zero-order valence-electron chi connectivity index (χ0n) is 15.9. The average Bonchev–Trinajstić information content (AvgIpc) is 3.11. The van der Waals surface area contributed by atoms with Crippen LogP contribution in [0.25, 0.3) is 5.69 Å². The summed E-state index contributed by atoms with van der Waals surface area (Å²) in [6, 6.07) is 14.0. The lowest BCUT2D eigenvalue weighted by Gasteiger charge is -2.30. The minimum Gasteiger partial charge on any atom is -0.370 e. The minimum absolute atomic E-state index is 0.199. The molecule has 1 amide bonds. The minimum atomic E-state index is -0.305. The first kappa shape index (κ1) is 18.2. The van der Waals surface area contributed by atoms with E-state index in [1.165, 1.54) is 31.4 Å². The van der Waals surface area contributed by atoms with Gasteiger partial charge in [0.05, 0.1) is 34.5 Å². The van der Waals surface area contributed by atoms with Crippen LogP contribution in [0.1, 0.15) is 35.3 Å². The van der Waals surface area contributed by atoms with Gasteiger partial charge in [0.1, 0.15) is 5.82 Å². The van der Waals surface area contributed by atoms with Gasteiger partial charge in [-0.3, -0.25) is 4.79 Å². The lowest BCUT2D eigenvalue weighted by atomic mass is 10.1. The first-order valence-electron chi connectivity index (χ1n) is 9.59. The van der Waals surface area contributed by atoms with Gasteiger partial charge in [0.15, 0.2) is 0 Å². The lowest BCUT2D eigenvalue weighted by molar-refractivity contribution is 0.102. The molecule has 5 nitrogen and oxygen atoms in total. The molecule has 6 heteroatoms. The van der Waals surface area contributed by atoms with E-state index in [-0.39, 0.29) is 11.7 Å². The highest BCUT2D eigenvalue weighted by Crippen LogP contribution is 2.29. The topological polar surface area (TPSA) is 50.2 Å². The normalized spacial score (nSPS) is 14.1. The van der Waals surface area contributed by atoms with E-state index < -0.39 is 0 Å². The van der Waals surface area contributed by atoms with Gasteiger partial charge in [-0.2, -0.15) is 5.10 Å². The number of carbonyl (C=O) groups is 1. The molecule has 0 bridgehead atoms. The molecule has 0 spiro atoms. The average molecular weight is 378 g/mol. The van der Waals surface area contributed by atoms with Crippen LogP contribution in [-0.4, -0.2) is 28.8 Å². The first-order chi connectivity index (χ1) is 13.6. The summed E-state index contributed by atoms with van der Waals surface area (Å²) in [6.07, 6.45) is 5.15. The van der Waals surface area contributed by atoms with Gasteiger partial charge in [-0.05, 0) is 62.6 Å². The zero-order valence-corrected chi connectivity index (χ0v) is 15.9. The maximum atomic E-state index is 13.2. The molecule has 1 N–H and O–H groups in total. The Labute approximate surface area is 163 Å². The van der Waals surface area contributed by atoms with E-state index in [1.54, 1.807) is 23.0 Å². The molecule has 0 aliphatic carbocycles. The summed E-state index contributed by atoms with van der Waals surface area (Å²) in [5, 5.41) is 7.36. The molecule has 1 fully saturated rings. The van der Waals surface area contributed by atoms with E-state index in [0.29, 0.717) is 16.9 Å². The molecule has 28 heavy (non-hydrogen) atoms. The number of carbonyl (C=O) groups excluding carboxylic acids is 1. The third-order valence-electron chi connectivity index (χ3n) is 5.17. The first-order valence-corrected chi connectivity index (χ1v) is 9.59. The molecular weight excluding hydrogens is 355 g/mol. The highest BCUT2D eigenvalue weighted by Gasteiger charge is 2.19. The van der Waals surface area contributed by atoms with Crippen LogP contribution in [0, 0.1) is 12.7 Å². The van der Waals surface area contributed by atoms with E-state index in [2.05, 4.69) is 21.4 Å². The molecule has 144 valence electrons. The summed E-state index contributed by atoms with van der Waals surface area (Å²) in [6.45, 7) is 3.85. The van der Waals surface area contributed by atoms with Gasteiger partial charge < -0.3 is 10.2 Å². The van der Waals surface area contributed by atoms with Crippen LogP contribution >= 0.6 is 0 Å². The fraction of sp³-hybridized carbons (Fsp3) is 0.273. The van der Waals surface area contributed by atoms with Gasteiger partial charge in [-0.25, -0.2) is 9.07 Å². The van der Waals surface area contributed by atoms with Crippen molar-refractivity contribution in [3.63, 3.8) is 0 Å². The summed E-state index contributed by atoms with van der Waals surface area (Å²) in [5.74, 6) is -0.504. The number of aromatic nitrogens is 2. The second kappa shape index (κ2) is 7.84. The number of amides is 1. The van der Waals surface area contributed by atoms with Gasteiger partial charge in [0.25, 0.3) is 5.91 Å². The van der Waals surface area contributed by atoms with Crippen molar-refractivity contribution in [2.45, 2.75) is 26.2 Å². The van der Waals surface area contributed by atoms with Gasteiger partial charge in [-0.1, -0.05) is 12.1 Å². The molecule has 1 aromatic heterocycles. The Morgan fingerprint density at radius 2 is 1.75 bits per heavy atom. The van der Waals surface area contributed by atoms with Crippen molar-refractivity contribution in [1.82, 2.24) is 9.78 Å². The molecule has 0 saturated carbocycles. The maximum absolute atomic E-state index is 13.2. The quantitative estimate of drug-likeness (QED) is 0.724. The van der Waals surface area contributed by atoms with E-state index in [9.17, 15) is 9.18 Å². The van der Waals surface area contributed by atoms with Crippen LogP contribution in [0.5, 0.6) is 0 Å². The van der Waals surface area contributed by atoms with Crippen molar-refractivity contribution in [3.05, 3.63) is 71.8 Å². The maximum Gasteiger partial charge on any atom is 0.259 e. The van der Waals surface area contributed by atoms with E-state index in [0.717, 1.165) is 24.5 Å². The number of nitrogens with one attached hydrogen (secondary N) is 1. The van der Waals surface area contributed by atoms with Crippen LogP contribution in [0.3, 0.4) is 0 Å². The monoisotopic (exact) mass is 378 g/mol. The second-order valence-electron chi connectivity index (χ2n) is 7.05. The number of anilines is 2. The van der Waals surface area contributed by atoms with Crippen LogP contribution < -0.4 is 10.2 Å². The van der Waals surface area contributed by atoms with Gasteiger partial charge >= 0.3 is 0 Å². The van der Waals surface area contributed by atoms with Gasteiger partial charge in [0.2, 0.25) is 0 Å². The number of hydrogen-bond acceptors (Lipinski definition) is 3. The van der Waals surface area contributed by atoms with E-state index >= 15 is 0 Å². The predicted molar refractivity (Wildman–Crippen MR) is 109 cm³/mol. The summed E-state index contributed by atoms with van der Waals surface area (Å²) < 4.78 is 14.8. The standard InChI is InChI=1S/C22H23FN4O/c1-16-19(15-24-27(16)18-11-9-17(23)10-12-18)22(28)25-20-7-3-4-8-21(20)26-13-5-2-6-14-26/h3-4,7-12,15H,2,5-6,13-14H2,1H3,(H,25,28). The molecular formula is C22H23FN4O. The third-order valence-corrected chi connectivity index (χ3v) is 5.17. The molecule has 2 heterocycles. The predicted octanol–water partition coefficient (Wildman–Crippen LogP) is 4.56. The SMILES string of the molecule is Cc1c(C(=O)Nc2ccccc2N2CCCCC2)cnn1-c1ccc(F)cc1. The van der Waals surface area contributed by atoms with Crippen LogP contribution in [0.4, 0.5) is 15.8 Å². The van der Waals surface area contributed by atoms with Crippen LogP contribution in [0.2, 0.25) is 0 Å². The molecule has 1 aliphatic heterocycles. The lowest BCUT2D eigenvalue weighted by Crippen LogP contribution is -2.30. The van der Waals surface area contributed by atoms with Gasteiger partial charge in [-0.15, -0.1) is 0 Å². The van der Waals surface area contributed by atoms with E-state index in [4.69, 9.17) is 0 Å². The molecule has 0 radical (unpaired) electrons. The fourth-order valence-corrected chi connectivity index (χ4v) is 3.65. The van der Waals surface area contributed by atoms with Crippen LogP contribution in [-0.2, 0) is 0 Å². The fourth-order valence-electron chi connectivity index (χ4n) is 3.65. The Hall–Kier alpha value is -3.15. The van der Waals surface area contributed by atoms with Crippen molar-refractivity contribution < 1.29 is 9.18 Å². The summed E-state index contributed by atoms with van der Waals surface area (Å²) in [4.78, 5) is 15.3. The number of halogens is 1. The van der Waals surface area contributed by atoms with Crippen molar-refractivity contribution in [1.29, 1.82) is 0 Å². The largest absolute Gasteiger partial charge is 0.370 e. The highest BCUT2D eigenvalue weighted by atomic mass is 19.1. The number of hydrogen-bond donors (Lipinski definition) is 1. The van der Waals surface area contributed by atoms with E-state index in [1.807, 2.05) is 25.1 Å². The summed E-state index contributed by atoms with van der Waals surface area (Å²) in [7, 11) is 0. The molecule has 0 unspecified atom stereocenters. The Balaban J connectivity index is 1.57. The molecule has 0 atom stereocenters. The van der Waals surface area contributed by atoms with Crippen molar-refractivity contribution in [3.8, 4) is 5.69 Å². The Morgan fingerprint density at radius 3 is 2.50 bits per heavy atom. The van der Waals surface area contributed by atoms with Gasteiger partial charge in [0, 0.05) is 13.1 Å². The highest BCUT2D eigenvalue weighted by molar-refractivity contribution is 6.06. The number of rotatable bonds is 4. The number of piperidine rings is 1. The molecule has 3 aromatic rings. The second-order valence-corrected chi connectivity index (χ2v) is 7.05. The number of benzene rings is 2. The molecule has 2 aromatic carbocycles. The van der Waals surface area contributed by atoms with Crippen molar-refractivity contribution in [2.24, 2.45) is 0 Å². The molecule has 4 rings (SSSR count). The van der Waals surface area contributed by atoms with Crippen molar-refractivity contribution in [2.75, 3.05) is 23.3 Å². The third kappa shape index (κ3) is 3.63. The number of para-hydroxylation sites is 2. The Bertz CT molecular complexity index is 974. The van der Waals surface area contributed by atoms with Crippen LogP contribution in [0.15, 0.2) is 54.7 Å². The zero-order chi connectivity index (χ0) is 19.5. The van der Waals surface area contributed by atoms with Crippen molar-refractivity contribution >= 4 is 17.3 Å². The Morgan fingerprint density at radius 1 is 1.04 bits per heavy atom. The molecule has 1 aliphatic rings. The summed E-state index contributed by atoms with van der Waals surface area (Å²) >= 11 is 0. The summed E-state index contributed by atoms with van der Waals surface area (Å²) in [5.41, 5.74) is 3.78. The molecule has 1 saturated heterocycles. The smallest absolute Gasteiger partial charge is 0.259 e.